The maximum atomic E-state index is 11.3. The lowest BCUT2D eigenvalue weighted by Crippen LogP contribution is -2.32. The number of hydrogen-bond acceptors (Lipinski definition) is 5. The molecule has 7 nitrogen and oxygen atoms in total. The second-order valence-electron chi connectivity index (χ2n) is 7.16. The Labute approximate surface area is 169 Å². The SMILES string of the molecule is CC[C@H](Oc1cccc2c(C[C@@H](C)NC[C@H](O)c3cccnc3)c[nH]c12)C(=O)O. The number of carboxylic acid groups (broad SMARTS) is 1. The molecule has 0 bridgehead atoms. The van der Waals surface area contributed by atoms with Gasteiger partial charge in [-0.3, -0.25) is 4.98 Å². The van der Waals surface area contributed by atoms with Gasteiger partial charge in [-0.05, 0) is 37.5 Å². The summed E-state index contributed by atoms with van der Waals surface area (Å²) in [6.07, 6.45) is 4.92. The summed E-state index contributed by atoms with van der Waals surface area (Å²) in [6.45, 7) is 4.28. The molecule has 0 aliphatic rings. The lowest BCUT2D eigenvalue weighted by Gasteiger charge is -2.17. The second kappa shape index (κ2) is 9.54. The number of fused-ring (bicyclic) bond motifs is 1. The molecule has 7 heteroatoms. The van der Waals surface area contributed by atoms with E-state index in [9.17, 15) is 15.0 Å². The van der Waals surface area contributed by atoms with E-state index in [1.54, 1.807) is 31.5 Å². The number of aliphatic hydroxyl groups is 1. The number of carboxylic acids is 1. The predicted octanol–water partition coefficient (Wildman–Crippen LogP) is 3.06. The number of H-pyrrole nitrogens is 1. The second-order valence-corrected chi connectivity index (χ2v) is 7.16. The molecule has 0 spiro atoms. The lowest BCUT2D eigenvalue weighted by molar-refractivity contribution is -0.145. The molecule has 0 saturated carbocycles. The molecule has 4 N–H and O–H groups in total. The van der Waals surface area contributed by atoms with Crippen LogP contribution < -0.4 is 10.1 Å². The number of hydrogen-bond donors (Lipinski definition) is 4. The summed E-state index contributed by atoms with van der Waals surface area (Å²) in [5, 5.41) is 23.9. The molecule has 0 radical (unpaired) electrons. The lowest BCUT2D eigenvalue weighted by atomic mass is 10.1. The van der Waals surface area contributed by atoms with Crippen LogP contribution in [0.25, 0.3) is 10.9 Å². The van der Waals surface area contributed by atoms with Gasteiger partial charge in [0.15, 0.2) is 6.10 Å². The number of aliphatic hydroxyl groups excluding tert-OH is 1. The smallest absolute Gasteiger partial charge is 0.344 e. The molecule has 0 aliphatic heterocycles. The van der Waals surface area contributed by atoms with E-state index in [2.05, 4.69) is 22.2 Å². The van der Waals surface area contributed by atoms with Crippen molar-refractivity contribution in [3.05, 3.63) is 60.0 Å². The molecule has 0 unspecified atom stereocenters. The zero-order chi connectivity index (χ0) is 20.8. The van der Waals surface area contributed by atoms with Gasteiger partial charge in [0.05, 0.1) is 11.6 Å². The zero-order valence-electron chi connectivity index (χ0n) is 16.6. The van der Waals surface area contributed by atoms with Crippen molar-refractivity contribution in [3.63, 3.8) is 0 Å². The average molecular weight is 397 g/mol. The molecule has 2 heterocycles. The molecule has 1 aromatic carbocycles. The van der Waals surface area contributed by atoms with Crippen molar-refractivity contribution in [1.29, 1.82) is 0 Å². The molecular formula is C22H27N3O4. The number of nitrogens with zero attached hydrogens (tertiary/aromatic N) is 1. The van der Waals surface area contributed by atoms with Crippen LogP contribution in [0.2, 0.25) is 0 Å². The van der Waals surface area contributed by atoms with Gasteiger partial charge in [-0.1, -0.05) is 25.1 Å². The fourth-order valence-electron chi connectivity index (χ4n) is 3.32. The average Bonchev–Trinajstić information content (AvgIpc) is 3.14. The first-order valence-electron chi connectivity index (χ1n) is 9.79. The minimum absolute atomic E-state index is 0.132. The van der Waals surface area contributed by atoms with E-state index < -0.39 is 18.2 Å². The highest BCUT2D eigenvalue weighted by Gasteiger charge is 2.19. The Morgan fingerprint density at radius 1 is 1.31 bits per heavy atom. The molecule has 0 saturated heterocycles. The van der Waals surface area contributed by atoms with E-state index in [0.29, 0.717) is 18.7 Å². The first-order valence-corrected chi connectivity index (χ1v) is 9.79. The van der Waals surface area contributed by atoms with Crippen molar-refractivity contribution in [3.8, 4) is 5.75 Å². The van der Waals surface area contributed by atoms with Crippen LogP contribution in [0, 0.1) is 0 Å². The highest BCUT2D eigenvalue weighted by molar-refractivity contribution is 5.88. The molecule has 154 valence electrons. The Morgan fingerprint density at radius 2 is 2.14 bits per heavy atom. The molecule has 3 aromatic rings. The number of pyridine rings is 1. The van der Waals surface area contributed by atoms with Gasteiger partial charge in [0, 0.05) is 42.1 Å². The number of carbonyl (C=O) groups is 1. The number of nitrogens with one attached hydrogen (secondary N) is 2. The van der Waals surface area contributed by atoms with E-state index in [1.807, 2.05) is 24.4 Å². The van der Waals surface area contributed by atoms with Gasteiger partial charge in [0.2, 0.25) is 0 Å². The van der Waals surface area contributed by atoms with Gasteiger partial charge >= 0.3 is 5.97 Å². The zero-order valence-corrected chi connectivity index (χ0v) is 16.6. The third kappa shape index (κ3) is 5.13. The summed E-state index contributed by atoms with van der Waals surface area (Å²) in [5.41, 5.74) is 2.68. The van der Waals surface area contributed by atoms with E-state index in [0.717, 1.165) is 28.5 Å². The molecular weight excluding hydrogens is 370 g/mol. The van der Waals surface area contributed by atoms with E-state index >= 15 is 0 Å². The highest BCUT2D eigenvalue weighted by atomic mass is 16.5. The Morgan fingerprint density at radius 3 is 2.83 bits per heavy atom. The van der Waals surface area contributed by atoms with Crippen LogP contribution in [-0.4, -0.2) is 44.8 Å². The third-order valence-electron chi connectivity index (χ3n) is 4.93. The Bertz CT molecular complexity index is 942. The summed E-state index contributed by atoms with van der Waals surface area (Å²) in [5.74, 6) is -0.433. The van der Waals surface area contributed by atoms with Crippen LogP contribution in [0.5, 0.6) is 5.75 Å². The van der Waals surface area contributed by atoms with E-state index in [1.165, 1.54) is 0 Å². The normalized spacial score (nSPS) is 14.4. The van der Waals surface area contributed by atoms with E-state index in [-0.39, 0.29) is 6.04 Å². The van der Waals surface area contributed by atoms with Crippen molar-refractivity contribution in [2.45, 2.75) is 44.9 Å². The van der Waals surface area contributed by atoms with Gasteiger partial charge in [-0.25, -0.2) is 4.79 Å². The summed E-state index contributed by atoms with van der Waals surface area (Å²) in [4.78, 5) is 18.5. The summed E-state index contributed by atoms with van der Waals surface area (Å²) >= 11 is 0. The van der Waals surface area contributed by atoms with Gasteiger partial charge in [-0.15, -0.1) is 0 Å². The van der Waals surface area contributed by atoms with Crippen LogP contribution in [0.3, 0.4) is 0 Å². The number of aliphatic carboxylic acids is 1. The Balaban J connectivity index is 1.66. The van der Waals surface area contributed by atoms with Crippen molar-refractivity contribution >= 4 is 16.9 Å². The summed E-state index contributed by atoms with van der Waals surface area (Å²) < 4.78 is 5.70. The minimum Gasteiger partial charge on any atom is -0.479 e. The van der Waals surface area contributed by atoms with Crippen molar-refractivity contribution in [2.24, 2.45) is 0 Å². The van der Waals surface area contributed by atoms with Gasteiger partial charge in [0.25, 0.3) is 0 Å². The Hall–Kier alpha value is -2.90. The number of benzene rings is 1. The number of para-hydroxylation sites is 1. The van der Waals surface area contributed by atoms with Crippen LogP contribution >= 0.6 is 0 Å². The monoisotopic (exact) mass is 397 g/mol. The van der Waals surface area contributed by atoms with Crippen LogP contribution in [0.1, 0.15) is 37.5 Å². The topological polar surface area (TPSA) is 107 Å². The summed E-state index contributed by atoms with van der Waals surface area (Å²) in [6, 6.07) is 9.43. The fourth-order valence-corrected chi connectivity index (χ4v) is 3.32. The van der Waals surface area contributed by atoms with Crippen LogP contribution in [0.4, 0.5) is 0 Å². The number of aromatic nitrogens is 2. The molecule has 3 rings (SSSR count). The quantitative estimate of drug-likeness (QED) is 0.419. The third-order valence-corrected chi connectivity index (χ3v) is 4.93. The fraction of sp³-hybridized carbons (Fsp3) is 0.364. The van der Waals surface area contributed by atoms with E-state index in [4.69, 9.17) is 4.74 Å². The number of ether oxygens (including phenoxy) is 1. The molecule has 29 heavy (non-hydrogen) atoms. The standard InChI is InChI=1S/C22H27N3O4/c1-3-19(22(27)28)29-20-8-4-7-17-16(12-25-21(17)20)10-14(2)24-13-18(26)15-6-5-9-23-11-15/h4-9,11-12,14,18-19,24-26H,3,10,13H2,1-2H3,(H,27,28)/t14-,18+,19+/m1/s1. The number of rotatable bonds is 10. The molecule has 0 fully saturated rings. The molecule has 3 atom stereocenters. The van der Waals surface area contributed by atoms with Crippen LogP contribution in [-0.2, 0) is 11.2 Å². The number of aromatic amines is 1. The van der Waals surface area contributed by atoms with Gasteiger partial charge in [-0.2, -0.15) is 0 Å². The molecule has 0 aliphatic carbocycles. The first kappa shape index (κ1) is 20.8. The molecule has 2 aromatic heterocycles. The predicted molar refractivity (Wildman–Crippen MR) is 111 cm³/mol. The van der Waals surface area contributed by atoms with Gasteiger partial charge < -0.3 is 25.3 Å². The highest BCUT2D eigenvalue weighted by Crippen LogP contribution is 2.29. The van der Waals surface area contributed by atoms with Crippen molar-refractivity contribution in [1.82, 2.24) is 15.3 Å². The Kier molecular flexibility index (Phi) is 6.85. The van der Waals surface area contributed by atoms with Crippen LogP contribution in [0.15, 0.2) is 48.9 Å². The van der Waals surface area contributed by atoms with Crippen molar-refractivity contribution in [2.75, 3.05) is 6.54 Å². The maximum Gasteiger partial charge on any atom is 0.344 e. The largest absolute Gasteiger partial charge is 0.479 e. The summed E-state index contributed by atoms with van der Waals surface area (Å²) in [7, 11) is 0. The minimum atomic E-state index is -0.971. The maximum absolute atomic E-state index is 11.3. The van der Waals surface area contributed by atoms with Gasteiger partial charge in [0.1, 0.15) is 5.75 Å². The first-order chi connectivity index (χ1) is 14.0. The van der Waals surface area contributed by atoms with Crippen molar-refractivity contribution < 1.29 is 19.7 Å². The molecule has 0 amide bonds.